The van der Waals surface area contributed by atoms with Crippen molar-refractivity contribution in [1.82, 2.24) is 4.90 Å². The van der Waals surface area contributed by atoms with Crippen molar-refractivity contribution in [3.8, 4) is 0 Å². The van der Waals surface area contributed by atoms with E-state index in [4.69, 9.17) is 9.73 Å². The summed E-state index contributed by atoms with van der Waals surface area (Å²) in [6.07, 6.45) is 2.73. The Hall–Kier alpha value is -3.25. The van der Waals surface area contributed by atoms with Crippen molar-refractivity contribution in [3.63, 3.8) is 0 Å². The molecule has 6 nitrogen and oxygen atoms in total. The van der Waals surface area contributed by atoms with E-state index in [-0.39, 0.29) is 30.6 Å². The lowest BCUT2D eigenvalue weighted by molar-refractivity contribution is -0.117. The van der Waals surface area contributed by atoms with E-state index < -0.39 is 0 Å². The highest BCUT2D eigenvalue weighted by Gasteiger charge is 2.35. The van der Waals surface area contributed by atoms with Crippen LogP contribution in [0.15, 0.2) is 71.5 Å². The SMILES string of the molecule is O=C1C=C(N2CCOCC2)N=C(CC(=O)N2c3ccccc3C[C@H]2c2ccccc2)C1. The predicted octanol–water partition coefficient (Wildman–Crippen LogP) is 3.29. The van der Waals surface area contributed by atoms with Gasteiger partial charge in [0.2, 0.25) is 5.91 Å². The molecule has 6 heteroatoms. The molecule has 2 aromatic carbocycles. The van der Waals surface area contributed by atoms with Gasteiger partial charge in [0.25, 0.3) is 0 Å². The molecule has 3 aliphatic heterocycles. The molecule has 0 aromatic heterocycles. The zero-order valence-electron chi connectivity index (χ0n) is 17.4. The fourth-order valence-electron chi connectivity index (χ4n) is 4.58. The summed E-state index contributed by atoms with van der Waals surface area (Å²) in [5.74, 6) is 0.637. The van der Waals surface area contributed by atoms with Crippen molar-refractivity contribution >= 4 is 23.1 Å². The molecule has 0 unspecified atom stereocenters. The number of ether oxygens (including phenoxy) is 1. The molecule has 1 atom stereocenters. The average Bonchev–Trinajstić information content (AvgIpc) is 3.20. The zero-order chi connectivity index (χ0) is 21.2. The van der Waals surface area contributed by atoms with Gasteiger partial charge in [-0.25, -0.2) is 4.99 Å². The minimum Gasteiger partial charge on any atom is -0.378 e. The predicted molar refractivity (Wildman–Crippen MR) is 119 cm³/mol. The highest BCUT2D eigenvalue weighted by Crippen LogP contribution is 2.40. The lowest BCUT2D eigenvalue weighted by Crippen LogP contribution is -2.37. The van der Waals surface area contributed by atoms with Gasteiger partial charge < -0.3 is 14.5 Å². The Morgan fingerprint density at radius 2 is 1.77 bits per heavy atom. The summed E-state index contributed by atoms with van der Waals surface area (Å²) in [5, 5.41) is 0. The molecule has 1 fully saturated rings. The highest BCUT2D eigenvalue weighted by atomic mass is 16.5. The summed E-state index contributed by atoms with van der Waals surface area (Å²) >= 11 is 0. The fourth-order valence-corrected chi connectivity index (χ4v) is 4.58. The summed E-state index contributed by atoms with van der Waals surface area (Å²) in [6, 6.07) is 18.2. The number of aliphatic imine (C=N–C) groups is 1. The minimum atomic E-state index is -0.0414. The van der Waals surface area contributed by atoms with Gasteiger partial charge in [-0.15, -0.1) is 0 Å². The van der Waals surface area contributed by atoms with Crippen LogP contribution in [0.25, 0.3) is 0 Å². The molecule has 2 aromatic rings. The third kappa shape index (κ3) is 4.03. The van der Waals surface area contributed by atoms with E-state index >= 15 is 0 Å². The number of carbonyl (C=O) groups excluding carboxylic acids is 2. The molecule has 0 spiro atoms. The third-order valence-corrected chi connectivity index (χ3v) is 6.06. The van der Waals surface area contributed by atoms with Crippen LogP contribution in [-0.2, 0) is 20.7 Å². The minimum absolute atomic E-state index is 0.000670. The number of para-hydroxylation sites is 1. The van der Waals surface area contributed by atoms with E-state index in [1.165, 1.54) is 5.56 Å². The molecule has 1 amide bonds. The summed E-state index contributed by atoms with van der Waals surface area (Å²) in [4.78, 5) is 34.6. The number of carbonyl (C=O) groups is 2. The van der Waals surface area contributed by atoms with E-state index in [1.54, 1.807) is 6.08 Å². The van der Waals surface area contributed by atoms with Crippen LogP contribution in [0.3, 0.4) is 0 Å². The maximum atomic E-state index is 13.5. The number of ketones is 1. The first-order valence-electron chi connectivity index (χ1n) is 10.8. The zero-order valence-corrected chi connectivity index (χ0v) is 17.4. The number of rotatable bonds is 4. The molecule has 0 bridgehead atoms. The number of benzene rings is 2. The first kappa shape index (κ1) is 19.7. The Kier molecular flexibility index (Phi) is 5.38. The van der Waals surface area contributed by atoms with Gasteiger partial charge in [-0.05, 0) is 23.6 Å². The molecule has 158 valence electrons. The van der Waals surface area contributed by atoms with Crippen molar-refractivity contribution in [2.24, 2.45) is 4.99 Å². The number of allylic oxidation sites excluding steroid dienone is 1. The van der Waals surface area contributed by atoms with Crippen molar-refractivity contribution in [1.29, 1.82) is 0 Å². The molecule has 3 heterocycles. The summed E-state index contributed by atoms with van der Waals surface area (Å²) in [5.41, 5.74) is 3.87. The Morgan fingerprint density at radius 1 is 1.03 bits per heavy atom. The van der Waals surface area contributed by atoms with Crippen LogP contribution in [-0.4, -0.2) is 48.6 Å². The van der Waals surface area contributed by atoms with Crippen LogP contribution in [0.4, 0.5) is 5.69 Å². The van der Waals surface area contributed by atoms with Gasteiger partial charge in [-0.3, -0.25) is 9.59 Å². The Bertz CT molecular complexity index is 1050. The second-order valence-electron chi connectivity index (χ2n) is 8.12. The van der Waals surface area contributed by atoms with Crippen LogP contribution in [0, 0.1) is 0 Å². The molecule has 0 aliphatic carbocycles. The van der Waals surface area contributed by atoms with Gasteiger partial charge >= 0.3 is 0 Å². The number of morpholine rings is 1. The summed E-state index contributed by atoms with van der Waals surface area (Å²) in [6.45, 7) is 2.66. The fraction of sp³-hybridized carbons (Fsp3) is 0.320. The van der Waals surface area contributed by atoms with Crippen molar-refractivity contribution in [2.45, 2.75) is 25.3 Å². The molecule has 5 rings (SSSR count). The van der Waals surface area contributed by atoms with Gasteiger partial charge in [0.15, 0.2) is 5.78 Å². The number of hydrogen-bond donors (Lipinski definition) is 0. The van der Waals surface area contributed by atoms with Crippen molar-refractivity contribution in [2.75, 3.05) is 31.2 Å². The van der Waals surface area contributed by atoms with E-state index in [2.05, 4.69) is 23.1 Å². The maximum Gasteiger partial charge on any atom is 0.233 e. The summed E-state index contributed by atoms with van der Waals surface area (Å²) < 4.78 is 5.40. The standard InChI is InChI=1S/C25H25N3O3/c29-21-15-20(26-24(17-21)27-10-12-31-13-11-27)16-25(30)28-22-9-5-4-8-19(22)14-23(28)18-6-2-1-3-7-18/h1-9,17,23H,10-16H2/t23-/m0/s1. The number of fused-ring (bicyclic) bond motifs is 1. The van der Waals surface area contributed by atoms with E-state index in [0.29, 0.717) is 37.8 Å². The van der Waals surface area contributed by atoms with Crippen molar-refractivity contribution < 1.29 is 14.3 Å². The van der Waals surface area contributed by atoms with Crippen LogP contribution in [0.1, 0.15) is 30.0 Å². The van der Waals surface area contributed by atoms with Crippen LogP contribution in [0.5, 0.6) is 0 Å². The van der Waals surface area contributed by atoms with Crippen LogP contribution < -0.4 is 4.90 Å². The molecular weight excluding hydrogens is 390 g/mol. The Morgan fingerprint density at radius 3 is 2.58 bits per heavy atom. The third-order valence-electron chi connectivity index (χ3n) is 6.06. The van der Waals surface area contributed by atoms with Gasteiger partial charge in [0.1, 0.15) is 5.82 Å². The summed E-state index contributed by atoms with van der Waals surface area (Å²) in [7, 11) is 0. The number of amides is 1. The van der Waals surface area contributed by atoms with Gasteiger partial charge in [-0.2, -0.15) is 0 Å². The molecule has 0 saturated carbocycles. The maximum absolute atomic E-state index is 13.5. The topological polar surface area (TPSA) is 62.2 Å². The molecular formula is C25H25N3O3. The van der Waals surface area contributed by atoms with Crippen LogP contribution in [0.2, 0.25) is 0 Å². The van der Waals surface area contributed by atoms with Gasteiger partial charge in [0, 0.05) is 37.0 Å². The lowest BCUT2D eigenvalue weighted by Gasteiger charge is -2.30. The van der Waals surface area contributed by atoms with E-state index in [1.807, 2.05) is 41.3 Å². The molecule has 1 saturated heterocycles. The number of nitrogens with zero attached hydrogens (tertiary/aromatic N) is 3. The van der Waals surface area contributed by atoms with Crippen molar-refractivity contribution in [3.05, 3.63) is 77.6 Å². The molecule has 3 aliphatic rings. The molecule has 31 heavy (non-hydrogen) atoms. The Balaban J connectivity index is 1.41. The molecule has 0 N–H and O–H groups in total. The van der Waals surface area contributed by atoms with Crippen LogP contribution >= 0.6 is 0 Å². The quantitative estimate of drug-likeness (QED) is 0.769. The first-order valence-corrected chi connectivity index (χ1v) is 10.8. The lowest BCUT2D eigenvalue weighted by atomic mass is 10.0. The van der Waals surface area contributed by atoms with E-state index in [9.17, 15) is 9.59 Å². The Labute approximate surface area is 181 Å². The smallest absolute Gasteiger partial charge is 0.233 e. The largest absolute Gasteiger partial charge is 0.378 e. The first-order chi connectivity index (χ1) is 15.2. The normalized spacial score (nSPS) is 20.9. The van der Waals surface area contributed by atoms with Gasteiger partial charge in [-0.1, -0.05) is 48.5 Å². The molecule has 0 radical (unpaired) electrons. The van der Waals surface area contributed by atoms with Gasteiger partial charge in [0.05, 0.1) is 25.7 Å². The monoisotopic (exact) mass is 415 g/mol. The second-order valence-corrected chi connectivity index (χ2v) is 8.12. The number of hydrogen-bond acceptors (Lipinski definition) is 5. The second kappa shape index (κ2) is 8.47. The highest BCUT2D eigenvalue weighted by molar-refractivity contribution is 6.16. The average molecular weight is 415 g/mol. The number of anilines is 1. The van der Waals surface area contributed by atoms with E-state index in [0.717, 1.165) is 17.7 Å².